The maximum absolute atomic E-state index is 14.2. The van der Waals surface area contributed by atoms with E-state index in [-0.39, 0.29) is 23.7 Å². The van der Waals surface area contributed by atoms with Gasteiger partial charge in [0.15, 0.2) is 0 Å². The van der Waals surface area contributed by atoms with Crippen LogP contribution in [-0.2, 0) is 9.59 Å². The van der Waals surface area contributed by atoms with E-state index in [9.17, 15) is 9.59 Å². The topological polar surface area (TPSA) is 34.1 Å². The number of rotatable bonds is 4. The van der Waals surface area contributed by atoms with Gasteiger partial charge in [0.05, 0.1) is 0 Å². The van der Waals surface area contributed by atoms with Crippen LogP contribution in [0.3, 0.4) is 0 Å². The van der Waals surface area contributed by atoms with Crippen molar-refractivity contribution in [3.63, 3.8) is 0 Å². The Kier molecular flexibility index (Phi) is 7.46. The lowest BCUT2D eigenvalue weighted by atomic mass is 9.64. The van der Waals surface area contributed by atoms with Gasteiger partial charge in [-0.25, -0.2) is 0 Å². The molecule has 5 fully saturated rings. The van der Waals surface area contributed by atoms with Crippen molar-refractivity contribution in [2.75, 3.05) is 0 Å². The first-order valence-electron chi connectivity index (χ1n) is 17.6. The smallest absolute Gasteiger partial charge is 0.139 e. The van der Waals surface area contributed by atoms with Gasteiger partial charge >= 0.3 is 0 Å². The lowest BCUT2D eigenvalue weighted by Crippen LogP contribution is -2.35. The molecule has 2 nitrogen and oxygen atoms in total. The van der Waals surface area contributed by atoms with Crippen molar-refractivity contribution in [1.82, 2.24) is 0 Å². The molecule has 0 aromatic carbocycles. The lowest BCUT2D eigenvalue weighted by molar-refractivity contribution is -0.129. The average Bonchev–Trinajstić information content (AvgIpc) is 3.90. The highest BCUT2D eigenvalue weighted by atomic mass is 32.1. The third kappa shape index (κ3) is 4.78. The van der Waals surface area contributed by atoms with Crippen molar-refractivity contribution < 1.29 is 9.59 Å². The molecule has 5 aliphatic carbocycles. The molecular formula is C40H44O2S4. The van der Waals surface area contributed by atoms with E-state index in [0.717, 1.165) is 38.5 Å². The molecule has 46 heavy (non-hydrogen) atoms. The summed E-state index contributed by atoms with van der Waals surface area (Å²) in [6, 6.07) is 9.38. The molecule has 4 aromatic heterocycles. The quantitative estimate of drug-likeness (QED) is 0.214. The fourth-order valence-corrected chi connectivity index (χ4v) is 15.7. The first-order chi connectivity index (χ1) is 22.2. The van der Waals surface area contributed by atoms with Gasteiger partial charge in [-0.3, -0.25) is 9.59 Å². The molecule has 0 bridgehead atoms. The molecule has 0 radical (unpaired) electrons. The third-order valence-corrected chi connectivity index (χ3v) is 18.3. The SMILES string of the molecule is Cc1csc(-c2cc(C)c(C3CCC4C(C3)C(=O)C3CC5C(CC34)C(=O)C3CC(c4sc(-c6cc(C)cs6)cc4C)CCC35)s2)c1. The molecule has 0 spiro atoms. The Morgan fingerprint density at radius 3 is 1.30 bits per heavy atom. The number of carbonyl (C=O) groups excluding carboxylic acids is 2. The number of thiophene rings is 4. The Hall–Kier alpha value is -1.86. The molecule has 0 N–H and O–H groups in total. The highest BCUT2D eigenvalue weighted by Gasteiger charge is 2.61. The van der Waals surface area contributed by atoms with Crippen molar-refractivity contribution in [3.8, 4) is 19.5 Å². The summed E-state index contributed by atoms with van der Waals surface area (Å²) in [5.41, 5.74) is 5.50. The molecule has 9 rings (SSSR count). The van der Waals surface area contributed by atoms with Crippen LogP contribution in [0.5, 0.6) is 0 Å². The summed E-state index contributed by atoms with van der Waals surface area (Å²) in [5, 5.41) is 4.49. The predicted octanol–water partition coefficient (Wildman–Crippen LogP) is 11.6. The zero-order chi connectivity index (χ0) is 31.4. The van der Waals surface area contributed by atoms with Crippen LogP contribution in [0.15, 0.2) is 35.0 Å². The summed E-state index contributed by atoms with van der Waals surface area (Å²) in [6.07, 6.45) is 8.80. The van der Waals surface area contributed by atoms with Gasteiger partial charge in [0.2, 0.25) is 0 Å². The summed E-state index contributed by atoms with van der Waals surface area (Å²) in [4.78, 5) is 37.0. The fourth-order valence-electron chi connectivity index (χ4n) is 11.1. The number of hydrogen-bond donors (Lipinski definition) is 0. The number of hydrogen-bond acceptors (Lipinski definition) is 6. The van der Waals surface area contributed by atoms with Gasteiger partial charge in [-0.2, -0.15) is 0 Å². The van der Waals surface area contributed by atoms with E-state index in [1.54, 1.807) is 0 Å². The van der Waals surface area contributed by atoms with Crippen molar-refractivity contribution in [1.29, 1.82) is 0 Å². The van der Waals surface area contributed by atoms with Crippen LogP contribution in [0.25, 0.3) is 19.5 Å². The average molecular weight is 685 g/mol. The molecule has 5 saturated carbocycles. The van der Waals surface area contributed by atoms with Crippen LogP contribution in [0.2, 0.25) is 0 Å². The molecule has 4 aromatic rings. The Balaban J connectivity index is 0.901. The second-order valence-corrected chi connectivity index (χ2v) is 19.7. The molecule has 4 heterocycles. The highest BCUT2D eigenvalue weighted by Crippen LogP contribution is 2.63. The Morgan fingerprint density at radius 1 is 0.500 bits per heavy atom. The minimum absolute atomic E-state index is 0.213. The summed E-state index contributed by atoms with van der Waals surface area (Å²) in [5.74, 6) is 4.94. The lowest BCUT2D eigenvalue weighted by Gasteiger charge is -2.40. The van der Waals surface area contributed by atoms with Crippen LogP contribution in [0, 0.1) is 75.0 Å². The second-order valence-electron chi connectivity index (χ2n) is 15.7. The van der Waals surface area contributed by atoms with Crippen LogP contribution >= 0.6 is 45.3 Å². The zero-order valence-electron chi connectivity index (χ0n) is 27.3. The zero-order valence-corrected chi connectivity index (χ0v) is 30.6. The molecule has 5 aliphatic rings. The Bertz CT molecular complexity index is 1700. The summed E-state index contributed by atoms with van der Waals surface area (Å²) < 4.78 is 0. The van der Waals surface area contributed by atoms with E-state index in [1.807, 2.05) is 45.3 Å². The van der Waals surface area contributed by atoms with Gasteiger partial charge in [0.25, 0.3) is 0 Å². The number of aryl methyl sites for hydroxylation is 4. The van der Waals surface area contributed by atoms with E-state index in [4.69, 9.17) is 0 Å². The summed E-state index contributed by atoms with van der Waals surface area (Å²) in [7, 11) is 0. The van der Waals surface area contributed by atoms with Crippen molar-refractivity contribution in [2.45, 2.75) is 90.9 Å². The number of ketones is 2. The molecule has 10 unspecified atom stereocenters. The van der Waals surface area contributed by atoms with E-state index in [2.05, 4.69) is 62.7 Å². The van der Waals surface area contributed by atoms with Crippen molar-refractivity contribution >= 4 is 56.9 Å². The van der Waals surface area contributed by atoms with E-state index in [0.29, 0.717) is 47.1 Å². The van der Waals surface area contributed by atoms with Crippen LogP contribution in [-0.4, -0.2) is 11.6 Å². The molecule has 0 aliphatic heterocycles. The maximum atomic E-state index is 14.2. The molecule has 0 saturated heterocycles. The maximum Gasteiger partial charge on any atom is 0.139 e. The Morgan fingerprint density at radius 2 is 0.913 bits per heavy atom. The summed E-state index contributed by atoms with van der Waals surface area (Å²) >= 11 is 7.64. The van der Waals surface area contributed by atoms with E-state index < -0.39 is 0 Å². The van der Waals surface area contributed by atoms with E-state index in [1.165, 1.54) is 64.4 Å². The number of Topliss-reactive ketones (excluding diaryl/α,β-unsaturated/α-hetero) is 2. The number of fused-ring (bicyclic) bond motifs is 6. The van der Waals surface area contributed by atoms with Gasteiger partial charge in [-0.15, -0.1) is 45.3 Å². The third-order valence-electron chi connectivity index (χ3n) is 13.1. The normalized spacial score (nSPS) is 35.2. The predicted molar refractivity (Wildman–Crippen MR) is 195 cm³/mol. The monoisotopic (exact) mass is 684 g/mol. The Labute approximate surface area is 289 Å². The summed E-state index contributed by atoms with van der Waals surface area (Å²) in [6.45, 7) is 8.91. The first-order valence-corrected chi connectivity index (χ1v) is 21.0. The minimum Gasteiger partial charge on any atom is -0.299 e. The molecule has 10 atom stereocenters. The van der Waals surface area contributed by atoms with Gasteiger partial charge in [-0.05, 0) is 172 Å². The van der Waals surface area contributed by atoms with Crippen LogP contribution in [0.1, 0.15) is 95.2 Å². The standard InChI is InChI=1S/C40H44O2S4/c1-19-9-33(43-17-19)35-11-21(3)39(45-35)23-5-7-25-27-15-32-28(16-31(27)37(41)29(25)13-23)26-8-6-24(14-30(26)38(32)42)40-22(4)12-36(46-40)34-10-20(2)18-44-34/h9-12,17-18,23-32H,5-8,13-16H2,1-4H3. The molecule has 6 heteroatoms. The van der Waals surface area contributed by atoms with Gasteiger partial charge in [0, 0.05) is 52.9 Å². The first kappa shape index (κ1) is 30.2. The fraction of sp³-hybridized carbons (Fsp3) is 0.550. The minimum atomic E-state index is 0.213. The van der Waals surface area contributed by atoms with Gasteiger partial charge in [0.1, 0.15) is 11.6 Å². The van der Waals surface area contributed by atoms with Gasteiger partial charge in [-0.1, -0.05) is 0 Å². The van der Waals surface area contributed by atoms with Crippen LogP contribution in [0.4, 0.5) is 0 Å². The molecule has 240 valence electrons. The van der Waals surface area contributed by atoms with Crippen molar-refractivity contribution in [2.24, 2.45) is 47.3 Å². The molecular weight excluding hydrogens is 641 g/mol. The van der Waals surface area contributed by atoms with Crippen molar-refractivity contribution in [3.05, 3.63) is 67.0 Å². The largest absolute Gasteiger partial charge is 0.299 e. The van der Waals surface area contributed by atoms with Gasteiger partial charge < -0.3 is 0 Å². The second kappa shape index (κ2) is 11.4. The molecule has 0 amide bonds. The number of carbonyl (C=O) groups is 2. The highest BCUT2D eigenvalue weighted by molar-refractivity contribution is 7.22. The van der Waals surface area contributed by atoms with Crippen LogP contribution < -0.4 is 0 Å². The van der Waals surface area contributed by atoms with E-state index >= 15 is 0 Å².